The first-order valence-corrected chi connectivity index (χ1v) is 5.82. The smallest absolute Gasteiger partial charge is 0.234 e. The van der Waals surface area contributed by atoms with Gasteiger partial charge in [0.2, 0.25) is 5.91 Å². The fraction of sp³-hybridized carbons (Fsp3) is 0.750. The molecule has 3 aliphatic carbocycles. The summed E-state index contributed by atoms with van der Waals surface area (Å²) < 4.78 is 0. The molecule has 0 aromatic heterocycles. The van der Waals surface area contributed by atoms with Crippen molar-refractivity contribution in [3.05, 3.63) is 11.8 Å². The molecule has 1 saturated carbocycles. The van der Waals surface area contributed by atoms with Crippen molar-refractivity contribution in [3.8, 4) is 0 Å². The third kappa shape index (κ3) is 1.87. The van der Waals surface area contributed by atoms with Crippen molar-refractivity contribution in [2.45, 2.75) is 26.2 Å². The third-order valence-corrected chi connectivity index (χ3v) is 3.85. The Morgan fingerprint density at radius 3 is 2.56 bits per heavy atom. The molecule has 1 fully saturated rings. The van der Waals surface area contributed by atoms with E-state index in [-0.39, 0.29) is 19.1 Å². The summed E-state index contributed by atoms with van der Waals surface area (Å²) in [5, 5.41) is 21.1. The molecular formula is C12H19NO3. The van der Waals surface area contributed by atoms with Crippen LogP contribution in [0.4, 0.5) is 0 Å². The van der Waals surface area contributed by atoms with E-state index in [2.05, 4.69) is 11.4 Å². The Balaban J connectivity index is 1.99. The van der Waals surface area contributed by atoms with Crippen LogP contribution in [-0.2, 0) is 4.79 Å². The summed E-state index contributed by atoms with van der Waals surface area (Å²) in [6.45, 7) is 0.890. The van der Waals surface area contributed by atoms with Crippen LogP contribution in [0.5, 0.6) is 0 Å². The highest BCUT2D eigenvalue weighted by molar-refractivity contribution is 5.84. The molecule has 90 valence electrons. The number of carbonyl (C=O) groups is 1. The predicted octanol–water partition coefficient (Wildman–Crippen LogP) is 0.407. The maximum absolute atomic E-state index is 11.9. The Hall–Kier alpha value is -0.870. The molecule has 0 aliphatic heterocycles. The van der Waals surface area contributed by atoms with E-state index >= 15 is 0 Å². The number of rotatable bonds is 4. The summed E-state index contributed by atoms with van der Waals surface area (Å²) in [4.78, 5) is 11.9. The second-order valence-corrected chi connectivity index (χ2v) is 5.26. The zero-order valence-electron chi connectivity index (χ0n) is 9.57. The number of hydrogen-bond donors (Lipinski definition) is 3. The van der Waals surface area contributed by atoms with Gasteiger partial charge in [-0.3, -0.25) is 4.79 Å². The van der Waals surface area contributed by atoms with Gasteiger partial charge in [0.1, 0.15) is 0 Å². The predicted molar refractivity (Wildman–Crippen MR) is 59.3 cm³/mol. The topological polar surface area (TPSA) is 69.6 Å². The summed E-state index contributed by atoms with van der Waals surface area (Å²) in [7, 11) is 0. The first-order chi connectivity index (χ1) is 7.59. The fourth-order valence-electron chi connectivity index (χ4n) is 2.27. The lowest BCUT2D eigenvalue weighted by Crippen LogP contribution is -2.46. The molecule has 0 unspecified atom stereocenters. The van der Waals surface area contributed by atoms with Crippen molar-refractivity contribution < 1.29 is 15.0 Å². The Morgan fingerprint density at radius 2 is 2.12 bits per heavy atom. The van der Waals surface area contributed by atoms with E-state index in [0.717, 1.165) is 18.0 Å². The Morgan fingerprint density at radius 1 is 1.50 bits per heavy atom. The van der Waals surface area contributed by atoms with Crippen LogP contribution in [0.1, 0.15) is 26.2 Å². The zero-order valence-corrected chi connectivity index (χ0v) is 9.57. The number of aliphatic hydroxyl groups is 2. The number of carbonyl (C=O) groups excluding carboxylic acids is 1. The zero-order chi connectivity index (χ0) is 11.8. The molecule has 2 bridgehead atoms. The van der Waals surface area contributed by atoms with Crippen molar-refractivity contribution in [2.24, 2.45) is 17.3 Å². The largest absolute Gasteiger partial charge is 0.395 e. The quantitative estimate of drug-likeness (QED) is 0.649. The second-order valence-electron chi connectivity index (χ2n) is 5.26. The average molecular weight is 225 g/mol. The van der Waals surface area contributed by atoms with Crippen LogP contribution < -0.4 is 5.32 Å². The highest BCUT2D eigenvalue weighted by Gasteiger charge is 2.38. The average Bonchev–Trinajstić information content (AvgIpc) is 2.27. The lowest BCUT2D eigenvalue weighted by atomic mass is 9.67. The molecule has 0 radical (unpaired) electrons. The summed E-state index contributed by atoms with van der Waals surface area (Å²) >= 11 is 0. The van der Waals surface area contributed by atoms with E-state index in [0.29, 0.717) is 5.92 Å². The summed E-state index contributed by atoms with van der Waals surface area (Å²) in [6, 6.07) is 0. The van der Waals surface area contributed by atoms with E-state index in [1.807, 2.05) is 0 Å². The minimum atomic E-state index is -1.08. The van der Waals surface area contributed by atoms with Gasteiger partial charge in [-0.15, -0.1) is 0 Å². The van der Waals surface area contributed by atoms with Crippen molar-refractivity contribution in [1.82, 2.24) is 5.32 Å². The molecule has 0 aromatic rings. The number of hydrogen-bond acceptors (Lipinski definition) is 3. The Labute approximate surface area is 95.4 Å². The number of amides is 1. The Kier molecular flexibility index (Phi) is 3.04. The monoisotopic (exact) mass is 225 g/mol. The first-order valence-electron chi connectivity index (χ1n) is 5.82. The van der Waals surface area contributed by atoms with Gasteiger partial charge in [-0.25, -0.2) is 0 Å². The molecule has 0 saturated heterocycles. The van der Waals surface area contributed by atoms with E-state index in [9.17, 15) is 4.79 Å². The molecule has 0 heterocycles. The van der Waals surface area contributed by atoms with Crippen LogP contribution in [0.3, 0.4) is 0 Å². The van der Waals surface area contributed by atoms with Gasteiger partial charge >= 0.3 is 0 Å². The number of fused-ring (bicyclic) bond motifs is 1. The van der Waals surface area contributed by atoms with Gasteiger partial charge in [0.05, 0.1) is 18.6 Å². The van der Waals surface area contributed by atoms with Gasteiger partial charge in [0.25, 0.3) is 0 Å². The molecule has 0 aromatic carbocycles. The molecule has 3 N–H and O–H groups in total. The van der Waals surface area contributed by atoms with Gasteiger partial charge < -0.3 is 15.5 Å². The van der Waals surface area contributed by atoms with Crippen molar-refractivity contribution in [1.29, 1.82) is 0 Å². The van der Waals surface area contributed by atoms with Gasteiger partial charge in [-0.1, -0.05) is 6.08 Å². The minimum Gasteiger partial charge on any atom is -0.395 e. The van der Waals surface area contributed by atoms with Crippen LogP contribution in [0.15, 0.2) is 11.8 Å². The summed E-state index contributed by atoms with van der Waals surface area (Å²) in [5.74, 6) is 1.02. The van der Waals surface area contributed by atoms with Crippen LogP contribution in [0.2, 0.25) is 0 Å². The van der Waals surface area contributed by atoms with E-state index < -0.39 is 5.41 Å². The standard InChI is InChI=1S/C12H19NO3/c1-12(6-14,7-15)11(16)13-10-3-2-8-4-9(10)5-8/h3,8-9,14-15H,2,4-7H2,1H3,(H,13,16). The van der Waals surface area contributed by atoms with Gasteiger partial charge in [0, 0.05) is 5.70 Å². The third-order valence-electron chi connectivity index (χ3n) is 3.85. The molecule has 16 heavy (non-hydrogen) atoms. The van der Waals surface area contributed by atoms with Crippen LogP contribution in [0, 0.1) is 17.3 Å². The highest BCUT2D eigenvalue weighted by atomic mass is 16.3. The van der Waals surface area contributed by atoms with Gasteiger partial charge in [-0.2, -0.15) is 0 Å². The molecule has 1 amide bonds. The lowest BCUT2D eigenvalue weighted by Gasteiger charge is -2.41. The van der Waals surface area contributed by atoms with Gasteiger partial charge in [0.15, 0.2) is 0 Å². The highest BCUT2D eigenvalue weighted by Crippen LogP contribution is 2.44. The van der Waals surface area contributed by atoms with Crippen molar-refractivity contribution in [3.63, 3.8) is 0 Å². The Bertz CT molecular complexity index is 314. The number of aliphatic hydroxyl groups excluding tert-OH is 2. The van der Waals surface area contributed by atoms with Crippen LogP contribution >= 0.6 is 0 Å². The minimum absolute atomic E-state index is 0.283. The number of allylic oxidation sites excluding steroid dienone is 2. The molecule has 0 atom stereocenters. The molecular weight excluding hydrogens is 206 g/mol. The van der Waals surface area contributed by atoms with Crippen molar-refractivity contribution in [2.75, 3.05) is 13.2 Å². The van der Waals surface area contributed by atoms with E-state index in [1.165, 1.54) is 12.8 Å². The summed E-state index contributed by atoms with van der Waals surface area (Å²) in [6.07, 6.45) is 5.46. The van der Waals surface area contributed by atoms with Crippen LogP contribution in [0.25, 0.3) is 0 Å². The maximum Gasteiger partial charge on any atom is 0.234 e. The molecule has 3 rings (SSSR count). The maximum atomic E-state index is 11.9. The molecule has 3 aliphatic rings. The van der Waals surface area contributed by atoms with Crippen molar-refractivity contribution >= 4 is 5.91 Å². The van der Waals surface area contributed by atoms with E-state index in [1.54, 1.807) is 6.92 Å². The molecule has 4 nitrogen and oxygen atoms in total. The first kappa shape index (κ1) is 11.6. The lowest BCUT2D eigenvalue weighted by molar-refractivity contribution is -0.134. The molecule has 4 heteroatoms. The molecule has 0 spiro atoms. The van der Waals surface area contributed by atoms with Crippen LogP contribution in [-0.4, -0.2) is 29.3 Å². The normalized spacial score (nSPS) is 28.1. The fourth-order valence-corrected chi connectivity index (χ4v) is 2.27. The summed E-state index contributed by atoms with van der Waals surface area (Å²) in [5.41, 5.74) is -0.0952. The van der Waals surface area contributed by atoms with E-state index in [4.69, 9.17) is 10.2 Å². The number of nitrogens with one attached hydrogen (secondary N) is 1. The SMILES string of the molecule is CC(CO)(CO)C(=O)NC1=CCC2CC1C2. The second kappa shape index (κ2) is 4.18. The van der Waals surface area contributed by atoms with Gasteiger partial charge in [-0.05, 0) is 38.0 Å².